The fourth-order valence-electron chi connectivity index (χ4n) is 2.96. The molecule has 0 aliphatic carbocycles. The summed E-state index contributed by atoms with van der Waals surface area (Å²) in [6.45, 7) is 0.858. The molecule has 0 radical (unpaired) electrons. The van der Waals surface area contributed by atoms with Gasteiger partial charge in [0.05, 0.1) is 10.6 Å². The predicted molar refractivity (Wildman–Crippen MR) is 113 cm³/mol. The number of anilines is 1. The van der Waals surface area contributed by atoms with Crippen molar-refractivity contribution in [2.45, 2.75) is 17.1 Å². The van der Waals surface area contributed by atoms with Crippen LogP contribution in [0.15, 0.2) is 51.0 Å². The Morgan fingerprint density at radius 1 is 1.29 bits per heavy atom. The number of carbonyl (C=O) groups is 1. The van der Waals surface area contributed by atoms with Crippen LogP contribution in [-0.4, -0.2) is 38.3 Å². The minimum Gasteiger partial charge on any atom is -0.383 e. The number of nitrogens with two attached hydrogens (primary N) is 1. The topological polar surface area (TPSA) is 105 Å². The molecule has 1 aliphatic heterocycles. The Kier molecular flexibility index (Phi) is 5.09. The molecular formula is C18H18N4O3S3. The van der Waals surface area contributed by atoms with Crippen molar-refractivity contribution in [2.24, 2.45) is 10.7 Å². The van der Waals surface area contributed by atoms with Crippen LogP contribution in [0.4, 0.5) is 5.69 Å². The number of hydrogen-bond donors (Lipinski definition) is 2. The van der Waals surface area contributed by atoms with Gasteiger partial charge in [0.2, 0.25) is 5.91 Å². The quantitative estimate of drug-likeness (QED) is 0.459. The van der Waals surface area contributed by atoms with Gasteiger partial charge in [-0.15, -0.1) is 22.7 Å². The highest BCUT2D eigenvalue weighted by atomic mass is 32.2. The van der Waals surface area contributed by atoms with E-state index in [1.807, 2.05) is 24.3 Å². The number of hydrogen-bond acceptors (Lipinski definition) is 6. The van der Waals surface area contributed by atoms with E-state index in [1.54, 1.807) is 22.4 Å². The van der Waals surface area contributed by atoms with Crippen LogP contribution in [0.3, 0.4) is 0 Å². The van der Waals surface area contributed by atoms with Crippen LogP contribution in [0, 0.1) is 0 Å². The second-order valence-corrected chi connectivity index (χ2v) is 10.2. The highest BCUT2D eigenvalue weighted by molar-refractivity contribution is 7.94. The predicted octanol–water partition coefficient (Wildman–Crippen LogP) is 3.05. The van der Waals surface area contributed by atoms with Crippen molar-refractivity contribution in [3.8, 4) is 0 Å². The van der Waals surface area contributed by atoms with Gasteiger partial charge in [-0.2, -0.15) is 0 Å². The van der Waals surface area contributed by atoms with Crippen molar-refractivity contribution >= 4 is 60.2 Å². The third-order valence-electron chi connectivity index (χ3n) is 4.39. The number of nitrogens with zero attached hydrogens (tertiary/aromatic N) is 2. The Hall–Kier alpha value is -2.43. The summed E-state index contributed by atoms with van der Waals surface area (Å²) >= 11 is 2.51. The Balaban J connectivity index is 1.55. The van der Waals surface area contributed by atoms with Gasteiger partial charge in [-0.1, -0.05) is 18.2 Å². The minimum atomic E-state index is -3.74. The Morgan fingerprint density at radius 2 is 2.11 bits per heavy atom. The zero-order chi connectivity index (χ0) is 19.7. The molecule has 3 N–H and O–H groups in total. The second kappa shape index (κ2) is 7.53. The molecule has 0 spiro atoms. The number of carbonyl (C=O) groups excluding carboxylic acids is 1. The smallest absolute Gasteiger partial charge is 0.271 e. The van der Waals surface area contributed by atoms with Crippen molar-refractivity contribution in [3.63, 3.8) is 0 Å². The first kappa shape index (κ1) is 18.9. The lowest BCUT2D eigenvalue weighted by molar-refractivity contribution is -0.127. The van der Waals surface area contributed by atoms with Crippen molar-refractivity contribution in [2.75, 3.05) is 17.9 Å². The maximum absolute atomic E-state index is 12.8. The standard InChI is InChI=1S/C18H18N4O3S3/c19-18(20-11-22-8-3-6-15(22)23)17-13(7-9-26-17)21-28(24,25)16-10-12-4-1-2-5-14(12)27-16/h1-2,4-5,7,9-10,21H,3,6,8,11H2,(H2,19,20). The average Bonchev–Trinajstić information content (AvgIpc) is 3.39. The molecule has 10 heteroatoms. The number of sulfonamides is 1. The van der Waals surface area contributed by atoms with Gasteiger partial charge in [0.1, 0.15) is 16.7 Å². The molecule has 1 saturated heterocycles. The minimum absolute atomic E-state index is 0.0633. The number of amidine groups is 1. The summed E-state index contributed by atoms with van der Waals surface area (Å²) in [5.41, 5.74) is 6.46. The molecule has 146 valence electrons. The molecule has 2 aromatic heterocycles. The zero-order valence-electron chi connectivity index (χ0n) is 14.8. The summed E-state index contributed by atoms with van der Waals surface area (Å²) in [6.07, 6.45) is 1.36. The largest absolute Gasteiger partial charge is 0.383 e. The number of nitrogens with one attached hydrogen (secondary N) is 1. The maximum Gasteiger partial charge on any atom is 0.271 e. The van der Waals surface area contributed by atoms with E-state index in [0.717, 1.165) is 16.5 Å². The van der Waals surface area contributed by atoms with E-state index in [9.17, 15) is 13.2 Å². The van der Waals surface area contributed by atoms with Gasteiger partial charge < -0.3 is 10.6 Å². The molecule has 1 aromatic carbocycles. The van der Waals surface area contributed by atoms with E-state index < -0.39 is 10.0 Å². The summed E-state index contributed by atoms with van der Waals surface area (Å²) in [5, 5.41) is 2.64. The zero-order valence-corrected chi connectivity index (χ0v) is 17.2. The SMILES string of the molecule is NC(=NCN1CCCC1=O)c1sccc1NS(=O)(=O)c1cc2ccccc2s1. The first-order valence-electron chi connectivity index (χ1n) is 8.61. The fourth-order valence-corrected chi connectivity index (χ4v) is 6.27. The number of rotatable bonds is 6. The summed E-state index contributed by atoms with van der Waals surface area (Å²) in [5.74, 6) is 0.275. The molecule has 4 rings (SSSR count). The molecule has 1 fully saturated rings. The number of fused-ring (bicyclic) bond motifs is 1. The van der Waals surface area contributed by atoms with Gasteiger partial charge in [-0.3, -0.25) is 9.52 Å². The van der Waals surface area contributed by atoms with Gasteiger partial charge in [-0.25, -0.2) is 13.4 Å². The van der Waals surface area contributed by atoms with E-state index in [4.69, 9.17) is 5.73 Å². The van der Waals surface area contributed by atoms with Gasteiger partial charge in [0.25, 0.3) is 10.0 Å². The van der Waals surface area contributed by atoms with Crippen LogP contribution in [0.1, 0.15) is 17.7 Å². The molecule has 0 saturated carbocycles. The van der Waals surface area contributed by atoms with Crippen molar-refractivity contribution < 1.29 is 13.2 Å². The maximum atomic E-state index is 12.8. The summed E-state index contributed by atoms with van der Waals surface area (Å²) < 4.78 is 29.4. The highest BCUT2D eigenvalue weighted by Crippen LogP contribution is 2.31. The first-order valence-corrected chi connectivity index (χ1v) is 11.8. The van der Waals surface area contributed by atoms with Crippen LogP contribution in [0.2, 0.25) is 0 Å². The van der Waals surface area contributed by atoms with Gasteiger partial charge in [0, 0.05) is 17.7 Å². The van der Waals surface area contributed by atoms with E-state index >= 15 is 0 Å². The molecule has 0 unspecified atom stereocenters. The summed E-state index contributed by atoms with van der Waals surface area (Å²) in [7, 11) is -3.74. The van der Waals surface area contributed by atoms with Crippen molar-refractivity contribution in [3.05, 3.63) is 46.7 Å². The Bertz CT molecular complexity index is 1130. The van der Waals surface area contributed by atoms with Crippen LogP contribution < -0.4 is 10.5 Å². The van der Waals surface area contributed by atoms with Crippen molar-refractivity contribution in [1.29, 1.82) is 0 Å². The summed E-state index contributed by atoms with van der Waals surface area (Å²) in [4.78, 5) is 18.1. The van der Waals surface area contributed by atoms with Crippen LogP contribution >= 0.6 is 22.7 Å². The average molecular weight is 435 g/mol. The van der Waals surface area contributed by atoms with E-state index in [2.05, 4.69) is 9.71 Å². The highest BCUT2D eigenvalue weighted by Gasteiger charge is 2.22. The van der Waals surface area contributed by atoms with Crippen LogP contribution in [0.25, 0.3) is 10.1 Å². The molecule has 0 bridgehead atoms. The van der Waals surface area contributed by atoms with E-state index in [-0.39, 0.29) is 22.6 Å². The molecule has 1 aliphatic rings. The van der Waals surface area contributed by atoms with E-state index in [0.29, 0.717) is 23.5 Å². The molecule has 0 atom stereocenters. The Morgan fingerprint density at radius 3 is 2.86 bits per heavy atom. The lowest BCUT2D eigenvalue weighted by atomic mass is 10.3. The fraction of sp³-hybridized carbons (Fsp3) is 0.222. The van der Waals surface area contributed by atoms with Gasteiger partial charge in [0.15, 0.2) is 0 Å². The Labute approximate surface area is 170 Å². The third-order valence-corrected chi connectivity index (χ3v) is 8.29. The second-order valence-electron chi connectivity index (χ2n) is 6.32. The molecular weight excluding hydrogens is 416 g/mol. The first-order chi connectivity index (χ1) is 13.4. The number of amides is 1. The summed E-state index contributed by atoms with van der Waals surface area (Å²) in [6, 6.07) is 10.8. The number of likely N-dealkylation sites (tertiary alicyclic amines) is 1. The van der Waals surface area contributed by atoms with Crippen LogP contribution in [0.5, 0.6) is 0 Å². The molecule has 7 nitrogen and oxygen atoms in total. The number of thiophene rings is 2. The molecule has 3 heterocycles. The lowest BCUT2D eigenvalue weighted by Gasteiger charge is -2.12. The van der Waals surface area contributed by atoms with Gasteiger partial charge >= 0.3 is 0 Å². The molecule has 1 amide bonds. The van der Waals surface area contributed by atoms with E-state index in [1.165, 1.54) is 22.7 Å². The number of benzene rings is 1. The molecule has 3 aromatic rings. The monoisotopic (exact) mass is 434 g/mol. The normalized spacial score (nSPS) is 15.5. The van der Waals surface area contributed by atoms with Crippen LogP contribution in [-0.2, 0) is 14.8 Å². The van der Waals surface area contributed by atoms with Gasteiger partial charge in [-0.05, 0) is 35.4 Å². The third kappa shape index (κ3) is 3.75. The molecule has 28 heavy (non-hydrogen) atoms. The van der Waals surface area contributed by atoms with Crippen molar-refractivity contribution in [1.82, 2.24) is 4.90 Å². The lowest BCUT2D eigenvalue weighted by Crippen LogP contribution is -2.27. The number of aliphatic imine (C=N–C) groups is 1.